The van der Waals surface area contributed by atoms with Crippen molar-refractivity contribution in [1.82, 2.24) is 18.8 Å². The van der Waals surface area contributed by atoms with Gasteiger partial charge in [0, 0.05) is 45.6 Å². The quantitative estimate of drug-likeness (QED) is 0.600. The molecular weight excluding hydrogens is 424 g/mol. The van der Waals surface area contributed by atoms with Gasteiger partial charge in [0.15, 0.2) is 0 Å². The van der Waals surface area contributed by atoms with Crippen molar-refractivity contribution in [2.75, 3.05) is 14.1 Å². The minimum Gasteiger partial charge on any atom is -0.337 e. The number of hydrogen-bond donors (Lipinski definition) is 0. The van der Waals surface area contributed by atoms with Gasteiger partial charge in [0.25, 0.3) is 0 Å². The van der Waals surface area contributed by atoms with Gasteiger partial charge in [-0.05, 0) is 69.6 Å². The van der Waals surface area contributed by atoms with Gasteiger partial charge in [0.05, 0.1) is 15.9 Å². The Morgan fingerprint density at radius 1 is 1.09 bits per heavy atom. The molecule has 2 aliphatic carbocycles. The Morgan fingerprint density at radius 2 is 1.72 bits per heavy atom. The van der Waals surface area contributed by atoms with Crippen molar-refractivity contribution in [2.24, 2.45) is 5.92 Å². The van der Waals surface area contributed by atoms with Crippen molar-refractivity contribution >= 4 is 27.0 Å². The maximum Gasteiger partial charge on any atom is 0.242 e. The Bertz CT molecular complexity index is 1080. The van der Waals surface area contributed by atoms with E-state index in [4.69, 9.17) is 4.98 Å². The maximum absolute atomic E-state index is 13.3. The fourth-order valence-corrected chi connectivity index (χ4v) is 5.92. The Hall–Kier alpha value is -1.93. The third kappa shape index (κ3) is 4.57. The summed E-state index contributed by atoms with van der Waals surface area (Å²) in [7, 11) is -0.456. The van der Waals surface area contributed by atoms with Crippen LogP contribution >= 0.6 is 0 Å². The fourth-order valence-electron chi connectivity index (χ4n) is 5.00. The van der Waals surface area contributed by atoms with Gasteiger partial charge >= 0.3 is 0 Å². The van der Waals surface area contributed by atoms with Crippen molar-refractivity contribution in [3.05, 3.63) is 24.0 Å². The van der Waals surface area contributed by atoms with E-state index in [1.54, 1.807) is 12.1 Å². The Balaban J connectivity index is 1.52. The number of carbonyl (C=O) groups is 1. The average Bonchev–Trinajstić information content (AvgIpc) is 3.53. The third-order valence-electron chi connectivity index (χ3n) is 7.06. The SMILES string of the molecule is CCn1c(CCC(=O)N(C2CCC(C)CC2)C2CC2)nc2cc(S(=O)(=O)N(C)C)ccc21. The number of imidazole rings is 1. The lowest BCUT2D eigenvalue weighted by Gasteiger charge is -2.36. The largest absolute Gasteiger partial charge is 0.337 e. The zero-order valence-electron chi connectivity index (χ0n) is 19.7. The fraction of sp³-hybridized carbons (Fsp3) is 0.667. The molecule has 176 valence electrons. The zero-order valence-corrected chi connectivity index (χ0v) is 20.6. The number of carbonyl (C=O) groups excluding carboxylic acids is 1. The van der Waals surface area contributed by atoms with Crippen LogP contribution in [-0.2, 0) is 27.8 Å². The number of hydrogen-bond acceptors (Lipinski definition) is 4. The highest BCUT2D eigenvalue weighted by Gasteiger charge is 2.38. The molecule has 1 amide bonds. The average molecular weight is 461 g/mol. The summed E-state index contributed by atoms with van der Waals surface area (Å²) in [6.45, 7) is 5.09. The third-order valence-corrected chi connectivity index (χ3v) is 8.87. The van der Waals surface area contributed by atoms with Gasteiger partial charge in [-0.25, -0.2) is 17.7 Å². The maximum atomic E-state index is 13.3. The van der Waals surface area contributed by atoms with Crippen LogP contribution in [0.1, 0.15) is 64.6 Å². The van der Waals surface area contributed by atoms with E-state index in [-0.39, 0.29) is 10.8 Å². The lowest BCUT2D eigenvalue weighted by molar-refractivity contribution is -0.135. The predicted octanol–water partition coefficient (Wildman–Crippen LogP) is 3.81. The smallest absolute Gasteiger partial charge is 0.242 e. The second-order valence-corrected chi connectivity index (χ2v) is 11.8. The number of sulfonamides is 1. The second-order valence-electron chi connectivity index (χ2n) is 9.66. The van der Waals surface area contributed by atoms with Crippen LogP contribution in [-0.4, -0.2) is 59.3 Å². The van der Waals surface area contributed by atoms with Crippen LogP contribution < -0.4 is 0 Å². The van der Waals surface area contributed by atoms with E-state index < -0.39 is 10.0 Å². The molecule has 4 rings (SSSR count). The van der Waals surface area contributed by atoms with E-state index in [9.17, 15) is 13.2 Å². The van der Waals surface area contributed by atoms with Gasteiger partial charge in [0.2, 0.25) is 15.9 Å². The number of benzene rings is 1. The topological polar surface area (TPSA) is 75.5 Å². The molecule has 0 N–H and O–H groups in total. The highest BCUT2D eigenvalue weighted by atomic mass is 32.2. The number of nitrogens with zero attached hydrogens (tertiary/aromatic N) is 4. The molecule has 0 spiro atoms. The van der Waals surface area contributed by atoms with E-state index in [1.807, 2.05) is 6.07 Å². The van der Waals surface area contributed by atoms with Gasteiger partial charge in [-0.3, -0.25) is 4.79 Å². The zero-order chi connectivity index (χ0) is 23.0. The summed E-state index contributed by atoms with van der Waals surface area (Å²) in [5.41, 5.74) is 1.57. The second kappa shape index (κ2) is 9.14. The van der Waals surface area contributed by atoms with Gasteiger partial charge in [-0.15, -0.1) is 0 Å². The number of rotatable bonds is 8. The van der Waals surface area contributed by atoms with Crippen molar-refractivity contribution in [3.63, 3.8) is 0 Å². The summed E-state index contributed by atoms with van der Waals surface area (Å²) in [5, 5.41) is 0. The molecule has 0 radical (unpaired) electrons. The number of aryl methyl sites for hydroxylation is 2. The molecule has 0 saturated heterocycles. The molecule has 0 atom stereocenters. The monoisotopic (exact) mass is 460 g/mol. The van der Waals surface area contributed by atoms with Crippen LogP contribution in [0.15, 0.2) is 23.1 Å². The van der Waals surface area contributed by atoms with Gasteiger partial charge in [-0.1, -0.05) is 6.92 Å². The molecule has 2 aliphatic rings. The minimum atomic E-state index is -3.51. The highest BCUT2D eigenvalue weighted by Crippen LogP contribution is 2.36. The van der Waals surface area contributed by atoms with Gasteiger partial charge in [0.1, 0.15) is 5.82 Å². The number of fused-ring (bicyclic) bond motifs is 1. The van der Waals surface area contributed by atoms with Crippen molar-refractivity contribution < 1.29 is 13.2 Å². The lowest BCUT2D eigenvalue weighted by Crippen LogP contribution is -2.43. The molecular formula is C24H36N4O3S. The Morgan fingerprint density at radius 3 is 2.28 bits per heavy atom. The van der Waals surface area contributed by atoms with Crippen molar-refractivity contribution in [3.8, 4) is 0 Å². The molecule has 0 aliphatic heterocycles. The first-order chi connectivity index (χ1) is 15.2. The molecule has 32 heavy (non-hydrogen) atoms. The standard InChI is InChI=1S/C24H36N4O3S/c1-5-27-22-13-12-20(32(30,31)26(3)4)16-21(22)25-23(27)14-15-24(29)28(19-10-11-19)18-8-6-17(2)7-9-18/h12-13,16-19H,5-11,14-15H2,1-4H3. The van der Waals surface area contributed by atoms with E-state index in [0.717, 1.165) is 49.5 Å². The van der Waals surface area contributed by atoms with Crippen LogP contribution in [0.25, 0.3) is 11.0 Å². The van der Waals surface area contributed by atoms with Crippen LogP contribution in [0.4, 0.5) is 0 Å². The molecule has 1 aromatic carbocycles. The normalized spacial score (nSPS) is 21.9. The van der Waals surface area contributed by atoms with Gasteiger partial charge < -0.3 is 9.47 Å². The summed E-state index contributed by atoms with van der Waals surface area (Å²) in [4.78, 5) is 20.4. The van der Waals surface area contributed by atoms with Crippen LogP contribution in [0.5, 0.6) is 0 Å². The summed E-state index contributed by atoms with van der Waals surface area (Å²) in [6, 6.07) is 5.94. The molecule has 2 fully saturated rings. The Labute approximate surface area is 191 Å². The first kappa shape index (κ1) is 23.2. The van der Waals surface area contributed by atoms with E-state index in [0.29, 0.717) is 30.4 Å². The first-order valence-corrected chi connectivity index (χ1v) is 13.4. The van der Waals surface area contributed by atoms with Crippen LogP contribution in [0.2, 0.25) is 0 Å². The number of amides is 1. The van der Waals surface area contributed by atoms with Crippen molar-refractivity contribution in [1.29, 1.82) is 0 Å². The molecule has 0 bridgehead atoms. The van der Waals surface area contributed by atoms with Crippen LogP contribution in [0.3, 0.4) is 0 Å². The molecule has 8 heteroatoms. The molecule has 1 aromatic heterocycles. The molecule has 7 nitrogen and oxygen atoms in total. The van der Waals surface area contributed by atoms with E-state index >= 15 is 0 Å². The first-order valence-electron chi connectivity index (χ1n) is 11.9. The molecule has 2 saturated carbocycles. The number of aromatic nitrogens is 2. The summed E-state index contributed by atoms with van der Waals surface area (Å²) >= 11 is 0. The van der Waals surface area contributed by atoms with E-state index in [2.05, 4.69) is 23.3 Å². The lowest BCUT2D eigenvalue weighted by atomic mass is 9.86. The molecule has 0 unspecified atom stereocenters. The minimum absolute atomic E-state index is 0.241. The highest BCUT2D eigenvalue weighted by molar-refractivity contribution is 7.89. The predicted molar refractivity (Wildman–Crippen MR) is 126 cm³/mol. The van der Waals surface area contributed by atoms with Gasteiger partial charge in [-0.2, -0.15) is 0 Å². The summed E-state index contributed by atoms with van der Waals surface area (Å²) < 4.78 is 28.3. The summed E-state index contributed by atoms with van der Waals surface area (Å²) in [5.74, 6) is 1.87. The van der Waals surface area contributed by atoms with Crippen molar-refractivity contribution in [2.45, 2.75) is 88.7 Å². The summed E-state index contributed by atoms with van der Waals surface area (Å²) in [6.07, 6.45) is 7.97. The van der Waals surface area contributed by atoms with E-state index in [1.165, 1.54) is 31.2 Å². The Kier molecular flexibility index (Phi) is 6.63. The van der Waals surface area contributed by atoms with Crippen LogP contribution in [0, 0.1) is 5.92 Å². The molecule has 2 aromatic rings. The molecule has 1 heterocycles.